The zero-order valence-corrected chi connectivity index (χ0v) is 11.2. The summed E-state index contributed by atoms with van der Waals surface area (Å²) in [7, 11) is 0. The lowest BCUT2D eigenvalue weighted by molar-refractivity contribution is 0.608. The van der Waals surface area contributed by atoms with Gasteiger partial charge in [-0.05, 0) is 11.1 Å². The lowest BCUT2D eigenvalue weighted by Crippen LogP contribution is -2.30. The van der Waals surface area contributed by atoms with Crippen LogP contribution in [0, 0.1) is 12.3 Å². The molecule has 0 radical (unpaired) electrons. The summed E-state index contributed by atoms with van der Waals surface area (Å²) in [6.45, 7) is 0. The van der Waals surface area contributed by atoms with Crippen LogP contribution < -0.4 is 0 Å². The highest BCUT2D eigenvalue weighted by atomic mass is 14.4. The van der Waals surface area contributed by atoms with E-state index in [0.29, 0.717) is 0 Å². The second-order valence-electron chi connectivity index (χ2n) is 5.01. The molecule has 1 aliphatic rings. The molecule has 0 amide bonds. The molecule has 0 aliphatic heterocycles. The van der Waals surface area contributed by atoms with Crippen molar-refractivity contribution >= 4 is 0 Å². The monoisotopic (exact) mass is 256 g/mol. The highest BCUT2D eigenvalue weighted by molar-refractivity contribution is 5.51. The fraction of sp³-hybridized carbons (Fsp3) is 0.100. The third-order valence-corrected chi connectivity index (χ3v) is 3.91. The first-order valence-corrected chi connectivity index (χ1v) is 6.81. The van der Waals surface area contributed by atoms with Gasteiger partial charge in [-0.15, -0.1) is 6.42 Å². The van der Waals surface area contributed by atoms with E-state index >= 15 is 0 Å². The summed E-state index contributed by atoms with van der Waals surface area (Å²) in [6, 6.07) is 20.8. The van der Waals surface area contributed by atoms with E-state index in [-0.39, 0.29) is 5.92 Å². The zero-order valence-electron chi connectivity index (χ0n) is 11.2. The van der Waals surface area contributed by atoms with E-state index in [4.69, 9.17) is 6.42 Å². The summed E-state index contributed by atoms with van der Waals surface area (Å²) < 4.78 is 0. The lowest BCUT2D eigenvalue weighted by Gasteiger charge is -2.35. The van der Waals surface area contributed by atoms with Crippen molar-refractivity contribution in [1.82, 2.24) is 0 Å². The van der Waals surface area contributed by atoms with E-state index < -0.39 is 5.41 Å². The minimum atomic E-state index is -0.405. The Morgan fingerprint density at radius 2 is 1.50 bits per heavy atom. The van der Waals surface area contributed by atoms with Crippen molar-refractivity contribution in [3.63, 3.8) is 0 Å². The largest absolute Gasteiger partial charge is 0.119 e. The Kier molecular flexibility index (Phi) is 3.27. The Bertz CT molecular complexity index is 671. The van der Waals surface area contributed by atoms with Crippen LogP contribution in [0.15, 0.2) is 85.0 Å². The molecule has 2 aromatic rings. The van der Waals surface area contributed by atoms with Crippen LogP contribution in [0.25, 0.3) is 0 Å². The maximum absolute atomic E-state index is 5.96. The van der Waals surface area contributed by atoms with Crippen molar-refractivity contribution in [1.29, 1.82) is 0 Å². The smallest absolute Gasteiger partial charge is 0.0846 e. The van der Waals surface area contributed by atoms with E-state index in [1.807, 2.05) is 30.3 Å². The molecule has 1 aliphatic carbocycles. The van der Waals surface area contributed by atoms with Crippen LogP contribution >= 0.6 is 0 Å². The fourth-order valence-electron chi connectivity index (χ4n) is 2.88. The van der Waals surface area contributed by atoms with Crippen molar-refractivity contribution < 1.29 is 0 Å². The molecule has 96 valence electrons. The van der Waals surface area contributed by atoms with Crippen LogP contribution in [0.1, 0.15) is 17.0 Å². The Morgan fingerprint density at radius 3 is 2.15 bits per heavy atom. The molecule has 0 aromatic heterocycles. The molecule has 0 saturated carbocycles. The van der Waals surface area contributed by atoms with Gasteiger partial charge in [-0.1, -0.05) is 90.9 Å². The molecule has 3 rings (SSSR count). The second kappa shape index (κ2) is 5.23. The maximum Gasteiger partial charge on any atom is 0.0846 e. The summed E-state index contributed by atoms with van der Waals surface area (Å²) in [5, 5.41) is 0. The molecule has 0 nitrogen and oxygen atoms in total. The van der Waals surface area contributed by atoms with Crippen molar-refractivity contribution in [2.24, 2.45) is 0 Å². The first kappa shape index (κ1) is 12.5. The maximum atomic E-state index is 5.96. The molecule has 0 N–H and O–H groups in total. The van der Waals surface area contributed by atoms with Crippen LogP contribution in [0.5, 0.6) is 0 Å². The van der Waals surface area contributed by atoms with Gasteiger partial charge < -0.3 is 0 Å². The van der Waals surface area contributed by atoms with Gasteiger partial charge in [-0.3, -0.25) is 0 Å². The topological polar surface area (TPSA) is 0 Å². The lowest BCUT2D eigenvalue weighted by atomic mass is 9.66. The highest BCUT2D eigenvalue weighted by Crippen LogP contribution is 2.42. The number of benzene rings is 2. The Hall–Kier alpha value is -2.52. The number of hydrogen-bond donors (Lipinski definition) is 0. The van der Waals surface area contributed by atoms with Crippen LogP contribution in [-0.4, -0.2) is 0 Å². The van der Waals surface area contributed by atoms with Gasteiger partial charge in [0.15, 0.2) is 0 Å². The third kappa shape index (κ3) is 1.98. The van der Waals surface area contributed by atoms with Gasteiger partial charge >= 0.3 is 0 Å². The summed E-state index contributed by atoms with van der Waals surface area (Å²) in [5.41, 5.74) is 2.00. The average Bonchev–Trinajstić information content (AvgIpc) is 2.56. The van der Waals surface area contributed by atoms with Crippen molar-refractivity contribution in [2.75, 3.05) is 0 Å². The minimum Gasteiger partial charge on any atom is -0.119 e. The first-order valence-electron chi connectivity index (χ1n) is 6.81. The minimum absolute atomic E-state index is 0.168. The van der Waals surface area contributed by atoms with E-state index in [2.05, 4.69) is 60.5 Å². The van der Waals surface area contributed by atoms with Gasteiger partial charge in [0.05, 0.1) is 5.41 Å². The molecule has 0 heterocycles. The number of allylic oxidation sites excluding steroid dienone is 4. The van der Waals surface area contributed by atoms with E-state index in [0.717, 1.165) is 5.56 Å². The molecule has 2 unspecified atom stereocenters. The standard InChI is InChI=1S/C20H16/c1-2-20(18-13-7-4-8-14-18)16-10-9-15-19(20)17-11-5-3-6-12-17/h1,3-16,19H. The summed E-state index contributed by atoms with van der Waals surface area (Å²) in [6.07, 6.45) is 14.4. The van der Waals surface area contributed by atoms with Crippen LogP contribution in [0.4, 0.5) is 0 Å². The summed E-state index contributed by atoms with van der Waals surface area (Å²) >= 11 is 0. The van der Waals surface area contributed by atoms with Crippen LogP contribution in [0.2, 0.25) is 0 Å². The van der Waals surface area contributed by atoms with E-state index in [9.17, 15) is 0 Å². The Morgan fingerprint density at radius 1 is 0.850 bits per heavy atom. The SMILES string of the molecule is C#CC1(c2ccccc2)C=CC=CC1c1ccccc1. The number of hydrogen-bond acceptors (Lipinski definition) is 0. The average molecular weight is 256 g/mol. The summed E-state index contributed by atoms with van der Waals surface area (Å²) in [5.74, 6) is 3.21. The normalized spacial score (nSPS) is 24.2. The predicted molar refractivity (Wildman–Crippen MR) is 84.4 cm³/mol. The molecular formula is C20H16. The van der Waals surface area contributed by atoms with Gasteiger partial charge in [0.2, 0.25) is 0 Å². The first-order chi connectivity index (χ1) is 9.87. The predicted octanol–water partition coefficient (Wildman–Crippen LogP) is 4.47. The second-order valence-corrected chi connectivity index (χ2v) is 5.01. The van der Waals surface area contributed by atoms with Crippen LogP contribution in [0.3, 0.4) is 0 Å². The van der Waals surface area contributed by atoms with Gasteiger partial charge in [-0.25, -0.2) is 0 Å². The highest BCUT2D eigenvalue weighted by Gasteiger charge is 2.37. The van der Waals surface area contributed by atoms with Gasteiger partial charge in [0.25, 0.3) is 0 Å². The van der Waals surface area contributed by atoms with Crippen LogP contribution in [-0.2, 0) is 5.41 Å². The molecule has 0 saturated heterocycles. The van der Waals surface area contributed by atoms with Crippen molar-refractivity contribution in [3.8, 4) is 12.3 Å². The van der Waals surface area contributed by atoms with Gasteiger partial charge in [0, 0.05) is 5.92 Å². The molecular weight excluding hydrogens is 240 g/mol. The van der Waals surface area contributed by atoms with Gasteiger partial charge in [0.1, 0.15) is 0 Å². The third-order valence-electron chi connectivity index (χ3n) is 3.91. The molecule has 0 spiro atoms. The van der Waals surface area contributed by atoms with Crippen molar-refractivity contribution in [3.05, 3.63) is 96.1 Å². The molecule has 0 heteroatoms. The molecule has 2 aromatic carbocycles. The zero-order chi connectivity index (χ0) is 13.8. The molecule has 2 atom stereocenters. The Balaban J connectivity index is 2.16. The van der Waals surface area contributed by atoms with E-state index in [1.165, 1.54) is 5.56 Å². The Labute approximate surface area is 120 Å². The fourth-order valence-corrected chi connectivity index (χ4v) is 2.88. The van der Waals surface area contributed by atoms with E-state index in [1.54, 1.807) is 0 Å². The van der Waals surface area contributed by atoms with Gasteiger partial charge in [-0.2, -0.15) is 0 Å². The summed E-state index contributed by atoms with van der Waals surface area (Å²) in [4.78, 5) is 0. The van der Waals surface area contributed by atoms with Crippen molar-refractivity contribution in [2.45, 2.75) is 11.3 Å². The molecule has 0 bridgehead atoms. The quantitative estimate of drug-likeness (QED) is 0.696. The molecule has 20 heavy (non-hydrogen) atoms. The molecule has 0 fully saturated rings. The number of rotatable bonds is 2. The number of terminal acetylenes is 1.